The van der Waals surface area contributed by atoms with Gasteiger partial charge in [-0.3, -0.25) is 8.86 Å². The molecule has 0 saturated carbocycles. The van der Waals surface area contributed by atoms with Crippen molar-refractivity contribution in [1.29, 1.82) is 0 Å². The van der Waals surface area contributed by atoms with E-state index in [0.717, 1.165) is 51.4 Å². The van der Waals surface area contributed by atoms with Crippen LogP contribution in [0.2, 0.25) is 0 Å². The molecule has 0 rings (SSSR count). The fourth-order valence-corrected chi connectivity index (χ4v) is 8.79. The van der Waals surface area contributed by atoms with E-state index in [-0.39, 0.29) is 0 Å². The Balaban J connectivity index is 5.26. The van der Waals surface area contributed by atoms with E-state index < -0.39 is 8.86 Å². The standard InChI is InChI=1S/C16H38O2S/c1-5-9-13-19(17,18,14-10-6-2,15-11-7-3)16-12-8-4/h17-18H,5-16H2,1-4H3. The normalized spacial score (nSPS) is 16.1. The lowest BCUT2D eigenvalue weighted by molar-refractivity contribution is 0.408. The molecule has 0 spiro atoms. The molecular weight excluding hydrogens is 256 g/mol. The molecule has 0 unspecified atom stereocenters. The minimum atomic E-state index is -3.81. The van der Waals surface area contributed by atoms with Gasteiger partial charge in [0.05, 0.1) is 0 Å². The second kappa shape index (κ2) is 7.33. The highest BCUT2D eigenvalue weighted by Gasteiger charge is 2.47. The van der Waals surface area contributed by atoms with E-state index in [9.17, 15) is 9.11 Å². The minimum absolute atomic E-state index is 0.649. The third-order valence-corrected chi connectivity index (χ3v) is 10.5. The van der Waals surface area contributed by atoms with E-state index in [1.54, 1.807) is 0 Å². The molecule has 0 fully saturated rings. The summed E-state index contributed by atoms with van der Waals surface area (Å²) in [4.78, 5) is 0. The minimum Gasteiger partial charge on any atom is -0.327 e. The summed E-state index contributed by atoms with van der Waals surface area (Å²) in [6.07, 6.45) is 7.99. The zero-order chi connectivity index (χ0) is 14.9. The summed E-state index contributed by atoms with van der Waals surface area (Å²) in [6, 6.07) is 0. The Labute approximate surface area is 120 Å². The summed E-state index contributed by atoms with van der Waals surface area (Å²) in [5.74, 6) is 2.60. The van der Waals surface area contributed by atoms with Gasteiger partial charge in [-0.1, -0.05) is 53.4 Å². The molecule has 0 atom stereocenters. The van der Waals surface area contributed by atoms with Crippen LogP contribution in [0.4, 0.5) is 0 Å². The Morgan fingerprint density at radius 3 is 0.895 bits per heavy atom. The number of hydrogen-bond donors (Lipinski definition) is 2. The van der Waals surface area contributed by atoms with Gasteiger partial charge in [-0.25, -0.2) is 0 Å². The Bertz CT molecular complexity index is 208. The highest BCUT2D eigenvalue weighted by molar-refractivity contribution is 8.56. The molecule has 0 aliphatic heterocycles. The summed E-state index contributed by atoms with van der Waals surface area (Å²) in [5.41, 5.74) is 0. The highest BCUT2D eigenvalue weighted by Crippen LogP contribution is 2.84. The van der Waals surface area contributed by atoms with Gasteiger partial charge in [0.2, 0.25) is 0 Å². The maximum absolute atomic E-state index is 11.6. The molecule has 120 valence electrons. The molecule has 0 radical (unpaired) electrons. The van der Waals surface area contributed by atoms with Crippen LogP contribution in [-0.4, -0.2) is 32.1 Å². The molecule has 0 aromatic heterocycles. The van der Waals surface area contributed by atoms with E-state index in [2.05, 4.69) is 27.7 Å². The average Bonchev–Trinajstić information content (AvgIpc) is 2.41. The zero-order valence-corrected chi connectivity index (χ0v) is 14.6. The third-order valence-electron chi connectivity index (χ3n) is 4.45. The van der Waals surface area contributed by atoms with Crippen LogP contribution in [-0.2, 0) is 0 Å². The Hall–Kier alpha value is 0.270. The monoisotopic (exact) mass is 294 g/mol. The highest BCUT2D eigenvalue weighted by atomic mass is 32.4. The van der Waals surface area contributed by atoms with E-state index in [0.29, 0.717) is 23.0 Å². The topological polar surface area (TPSA) is 40.5 Å². The third kappa shape index (κ3) is 6.05. The maximum atomic E-state index is 11.6. The molecule has 0 amide bonds. The molecule has 0 heterocycles. The van der Waals surface area contributed by atoms with Gasteiger partial charge in [0.25, 0.3) is 0 Å². The van der Waals surface area contributed by atoms with Crippen LogP contribution in [0.5, 0.6) is 0 Å². The molecule has 0 bridgehead atoms. The summed E-state index contributed by atoms with van der Waals surface area (Å²) in [6.45, 7) is 8.56. The quantitative estimate of drug-likeness (QED) is 0.463. The Morgan fingerprint density at radius 1 is 0.526 bits per heavy atom. The van der Waals surface area contributed by atoms with Crippen LogP contribution in [0.15, 0.2) is 0 Å². The van der Waals surface area contributed by atoms with Crippen LogP contribution in [0, 0.1) is 0 Å². The lowest BCUT2D eigenvalue weighted by Crippen LogP contribution is -2.47. The van der Waals surface area contributed by atoms with Gasteiger partial charge in [-0.15, -0.1) is 0 Å². The van der Waals surface area contributed by atoms with E-state index in [4.69, 9.17) is 0 Å². The van der Waals surface area contributed by atoms with Crippen molar-refractivity contribution in [2.45, 2.75) is 79.1 Å². The van der Waals surface area contributed by atoms with Crippen LogP contribution in [0.3, 0.4) is 0 Å². The maximum Gasteiger partial charge on any atom is 0.00832 e. The van der Waals surface area contributed by atoms with Crippen LogP contribution >= 0.6 is 8.86 Å². The second-order valence-corrected chi connectivity index (χ2v) is 12.9. The number of rotatable bonds is 12. The Kier molecular flexibility index (Phi) is 7.43. The van der Waals surface area contributed by atoms with E-state index in [1.165, 1.54) is 0 Å². The molecule has 0 saturated heterocycles. The summed E-state index contributed by atoms with van der Waals surface area (Å²) < 4.78 is 23.3. The molecule has 3 heteroatoms. The lowest BCUT2D eigenvalue weighted by atomic mass is 10.4. The van der Waals surface area contributed by atoms with E-state index >= 15 is 0 Å². The van der Waals surface area contributed by atoms with Gasteiger partial charge in [-0.05, 0) is 25.7 Å². The van der Waals surface area contributed by atoms with Gasteiger partial charge in [0, 0.05) is 23.0 Å². The predicted octanol–water partition coefficient (Wildman–Crippen LogP) is 6.01. The van der Waals surface area contributed by atoms with Crippen molar-refractivity contribution in [2.75, 3.05) is 23.0 Å². The first-order valence-corrected chi connectivity index (χ1v) is 11.4. The fraction of sp³-hybridized carbons (Fsp3) is 1.00. The summed E-state index contributed by atoms with van der Waals surface area (Å²) in [5, 5.41) is 0. The Morgan fingerprint density at radius 2 is 0.737 bits per heavy atom. The molecule has 0 aliphatic rings. The van der Waals surface area contributed by atoms with Gasteiger partial charge >= 0.3 is 0 Å². The molecule has 19 heavy (non-hydrogen) atoms. The molecule has 0 aromatic rings. The number of hydrogen-bond acceptors (Lipinski definition) is 2. The smallest absolute Gasteiger partial charge is 0.00832 e. The van der Waals surface area contributed by atoms with Gasteiger partial charge in [-0.2, -0.15) is 0 Å². The fourth-order valence-electron chi connectivity index (χ4n) is 2.93. The first kappa shape index (κ1) is 19.3. The van der Waals surface area contributed by atoms with Crippen molar-refractivity contribution < 1.29 is 9.11 Å². The summed E-state index contributed by atoms with van der Waals surface area (Å²) >= 11 is 0. The molecule has 2 nitrogen and oxygen atoms in total. The van der Waals surface area contributed by atoms with Crippen LogP contribution < -0.4 is 0 Å². The lowest BCUT2D eigenvalue weighted by Gasteiger charge is -2.79. The summed E-state index contributed by atoms with van der Waals surface area (Å²) in [7, 11) is -3.81. The van der Waals surface area contributed by atoms with Gasteiger partial charge in [0.1, 0.15) is 0 Å². The van der Waals surface area contributed by atoms with Crippen molar-refractivity contribution in [3.05, 3.63) is 0 Å². The number of unbranched alkanes of at least 4 members (excludes halogenated alkanes) is 4. The zero-order valence-electron chi connectivity index (χ0n) is 13.8. The largest absolute Gasteiger partial charge is 0.327 e. The first-order chi connectivity index (χ1) is 8.80. The molecule has 0 aromatic carbocycles. The van der Waals surface area contributed by atoms with Gasteiger partial charge < -0.3 is 9.11 Å². The van der Waals surface area contributed by atoms with Crippen LogP contribution in [0.25, 0.3) is 0 Å². The van der Waals surface area contributed by atoms with Crippen LogP contribution in [0.1, 0.15) is 79.1 Å². The molecule has 0 aliphatic carbocycles. The SMILES string of the molecule is CCCCS(O)(O)(CCCC)(CCCC)CCCC. The first-order valence-electron chi connectivity index (χ1n) is 8.35. The van der Waals surface area contributed by atoms with E-state index in [1.807, 2.05) is 0 Å². The molecular formula is C16H38O2S. The van der Waals surface area contributed by atoms with Crippen molar-refractivity contribution in [2.24, 2.45) is 0 Å². The average molecular weight is 295 g/mol. The van der Waals surface area contributed by atoms with Crippen molar-refractivity contribution in [3.8, 4) is 0 Å². The predicted molar refractivity (Wildman–Crippen MR) is 91.9 cm³/mol. The van der Waals surface area contributed by atoms with Crippen molar-refractivity contribution in [3.63, 3.8) is 0 Å². The van der Waals surface area contributed by atoms with Crippen molar-refractivity contribution >= 4 is 8.86 Å². The van der Waals surface area contributed by atoms with Crippen molar-refractivity contribution in [1.82, 2.24) is 0 Å². The second-order valence-electron chi connectivity index (χ2n) is 6.57. The molecule has 2 N–H and O–H groups in total. The van der Waals surface area contributed by atoms with Gasteiger partial charge in [0.15, 0.2) is 0 Å².